The quantitative estimate of drug-likeness (QED) is 0.629. The predicted octanol–water partition coefficient (Wildman–Crippen LogP) is 0.399. The zero-order chi connectivity index (χ0) is 10.4. The smallest absolute Gasteiger partial charge is 0.217 e. The van der Waals surface area contributed by atoms with Gasteiger partial charge in [0.15, 0.2) is 0 Å². The van der Waals surface area contributed by atoms with Gasteiger partial charge in [0.2, 0.25) is 11.8 Å². The van der Waals surface area contributed by atoms with Crippen molar-refractivity contribution in [1.82, 2.24) is 0 Å². The van der Waals surface area contributed by atoms with E-state index in [9.17, 15) is 9.59 Å². The molecule has 0 radical (unpaired) electrons. The van der Waals surface area contributed by atoms with E-state index >= 15 is 0 Å². The Bertz CT molecular complexity index is 176. The Kier molecular flexibility index (Phi) is 5.11. The van der Waals surface area contributed by atoms with Crippen LogP contribution in [0.2, 0.25) is 0 Å². The second kappa shape index (κ2) is 5.56. The first kappa shape index (κ1) is 11.9. The summed E-state index contributed by atoms with van der Waals surface area (Å²) in [5, 5.41) is 0. The SMILES string of the molecule is CCC(C)C(CC(N)=O)CC(N)=O. The molecule has 0 spiro atoms. The minimum Gasteiger partial charge on any atom is -0.370 e. The molecule has 1 unspecified atom stereocenters. The van der Waals surface area contributed by atoms with Crippen molar-refractivity contribution in [3.63, 3.8) is 0 Å². The van der Waals surface area contributed by atoms with Gasteiger partial charge in [-0.2, -0.15) is 0 Å². The molecule has 0 heterocycles. The molecule has 0 saturated heterocycles. The second-order valence-electron chi connectivity index (χ2n) is 3.49. The molecule has 4 nitrogen and oxygen atoms in total. The Morgan fingerprint density at radius 2 is 1.54 bits per heavy atom. The van der Waals surface area contributed by atoms with Crippen LogP contribution in [0.1, 0.15) is 33.1 Å². The average Bonchev–Trinajstić information content (AvgIpc) is 2.00. The van der Waals surface area contributed by atoms with Crippen molar-refractivity contribution < 1.29 is 9.59 Å². The number of hydrogen-bond donors (Lipinski definition) is 2. The van der Waals surface area contributed by atoms with Gasteiger partial charge in [-0.25, -0.2) is 0 Å². The third-order valence-electron chi connectivity index (χ3n) is 2.38. The summed E-state index contributed by atoms with van der Waals surface area (Å²) in [5.74, 6) is -0.432. The van der Waals surface area contributed by atoms with Gasteiger partial charge in [-0.1, -0.05) is 20.3 Å². The lowest BCUT2D eigenvalue weighted by Crippen LogP contribution is -2.25. The molecule has 13 heavy (non-hydrogen) atoms. The van der Waals surface area contributed by atoms with E-state index in [1.807, 2.05) is 13.8 Å². The van der Waals surface area contributed by atoms with Crippen LogP contribution in [-0.4, -0.2) is 11.8 Å². The summed E-state index contributed by atoms with van der Waals surface area (Å²) in [6.07, 6.45) is 1.42. The van der Waals surface area contributed by atoms with Crippen LogP contribution in [0.3, 0.4) is 0 Å². The highest BCUT2D eigenvalue weighted by atomic mass is 16.1. The zero-order valence-electron chi connectivity index (χ0n) is 8.25. The number of hydrogen-bond acceptors (Lipinski definition) is 2. The van der Waals surface area contributed by atoms with E-state index in [1.165, 1.54) is 0 Å². The van der Waals surface area contributed by atoms with E-state index in [-0.39, 0.29) is 30.6 Å². The fourth-order valence-electron chi connectivity index (χ4n) is 1.32. The van der Waals surface area contributed by atoms with Crippen molar-refractivity contribution in [2.75, 3.05) is 0 Å². The Balaban J connectivity index is 4.17. The molecule has 0 saturated carbocycles. The van der Waals surface area contributed by atoms with Gasteiger partial charge in [-0.15, -0.1) is 0 Å². The van der Waals surface area contributed by atoms with Gasteiger partial charge in [-0.3, -0.25) is 9.59 Å². The normalized spacial score (nSPS) is 12.8. The maximum absolute atomic E-state index is 10.7. The summed E-state index contributed by atoms with van der Waals surface area (Å²) < 4.78 is 0. The summed E-state index contributed by atoms with van der Waals surface area (Å²) >= 11 is 0. The summed E-state index contributed by atoms with van der Waals surface area (Å²) in [7, 11) is 0. The van der Waals surface area contributed by atoms with Crippen molar-refractivity contribution in [1.29, 1.82) is 0 Å². The molecule has 0 aromatic heterocycles. The second-order valence-corrected chi connectivity index (χ2v) is 3.49. The first-order valence-electron chi connectivity index (χ1n) is 4.54. The molecule has 1 atom stereocenters. The van der Waals surface area contributed by atoms with Crippen molar-refractivity contribution in [3.8, 4) is 0 Å². The summed E-state index contributed by atoms with van der Waals surface area (Å²) in [4.78, 5) is 21.4. The number of amides is 2. The standard InChI is InChI=1S/C9H18N2O2/c1-3-6(2)7(4-8(10)12)5-9(11)13/h6-7H,3-5H2,1-2H3,(H2,10,12)(H2,11,13). The maximum atomic E-state index is 10.7. The van der Waals surface area contributed by atoms with Crippen LogP contribution in [0.15, 0.2) is 0 Å². The molecule has 0 aromatic rings. The van der Waals surface area contributed by atoms with E-state index in [2.05, 4.69) is 0 Å². The van der Waals surface area contributed by atoms with Crippen LogP contribution >= 0.6 is 0 Å². The molecule has 0 aromatic carbocycles. The lowest BCUT2D eigenvalue weighted by atomic mass is 9.86. The monoisotopic (exact) mass is 186 g/mol. The minimum absolute atomic E-state index is 0.000000000000000444. The Hall–Kier alpha value is -1.06. The molecule has 0 bridgehead atoms. The summed E-state index contributed by atoms with van der Waals surface area (Å²) in [5.41, 5.74) is 10.1. The molecule has 4 N–H and O–H groups in total. The van der Waals surface area contributed by atoms with Crippen LogP contribution in [0.5, 0.6) is 0 Å². The van der Waals surface area contributed by atoms with E-state index in [0.29, 0.717) is 5.92 Å². The maximum Gasteiger partial charge on any atom is 0.217 e. The molecular weight excluding hydrogens is 168 g/mol. The molecule has 0 fully saturated rings. The lowest BCUT2D eigenvalue weighted by Gasteiger charge is -2.19. The lowest BCUT2D eigenvalue weighted by molar-refractivity contribution is -0.121. The number of nitrogens with two attached hydrogens (primary N) is 2. The van der Waals surface area contributed by atoms with Gasteiger partial charge in [0.1, 0.15) is 0 Å². The molecule has 4 heteroatoms. The van der Waals surface area contributed by atoms with Crippen LogP contribution in [0, 0.1) is 11.8 Å². The minimum atomic E-state index is -0.369. The number of rotatable bonds is 6. The van der Waals surface area contributed by atoms with E-state index in [0.717, 1.165) is 6.42 Å². The van der Waals surface area contributed by atoms with Gasteiger partial charge in [0.05, 0.1) is 0 Å². The van der Waals surface area contributed by atoms with E-state index in [1.54, 1.807) is 0 Å². The first-order valence-corrected chi connectivity index (χ1v) is 4.54. The van der Waals surface area contributed by atoms with Gasteiger partial charge in [0.25, 0.3) is 0 Å². The van der Waals surface area contributed by atoms with Crippen LogP contribution < -0.4 is 11.5 Å². The van der Waals surface area contributed by atoms with Gasteiger partial charge in [-0.05, 0) is 11.8 Å². The molecular formula is C9H18N2O2. The molecule has 0 aliphatic heterocycles. The largest absolute Gasteiger partial charge is 0.370 e. The van der Waals surface area contributed by atoms with Crippen LogP contribution in [-0.2, 0) is 9.59 Å². The molecule has 0 aliphatic carbocycles. The van der Waals surface area contributed by atoms with E-state index < -0.39 is 0 Å². The average molecular weight is 186 g/mol. The number of carbonyl (C=O) groups is 2. The number of primary amides is 2. The van der Waals surface area contributed by atoms with Crippen molar-refractivity contribution in [2.45, 2.75) is 33.1 Å². The van der Waals surface area contributed by atoms with Crippen molar-refractivity contribution in [2.24, 2.45) is 23.3 Å². The Morgan fingerprint density at radius 3 is 1.77 bits per heavy atom. The van der Waals surface area contributed by atoms with Gasteiger partial charge >= 0.3 is 0 Å². The third-order valence-corrected chi connectivity index (χ3v) is 2.38. The Labute approximate surface area is 78.7 Å². The fourth-order valence-corrected chi connectivity index (χ4v) is 1.32. The number of carbonyl (C=O) groups excluding carboxylic acids is 2. The van der Waals surface area contributed by atoms with Gasteiger partial charge < -0.3 is 11.5 Å². The summed E-state index contributed by atoms with van der Waals surface area (Å²) in [6.45, 7) is 4.01. The molecule has 0 rings (SSSR count). The van der Waals surface area contributed by atoms with Gasteiger partial charge in [0, 0.05) is 12.8 Å². The molecule has 0 aliphatic rings. The summed E-state index contributed by atoms with van der Waals surface area (Å²) in [6, 6.07) is 0. The third kappa shape index (κ3) is 5.22. The topological polar surface area (TPSA) is 86.2 Å². The highest BCUT2D eigenvalue weighted by molar-refractivity contribution is 5.77. The fraction of sp³-hybridized carbons (Fsp3) is 0.778. The highest BCUT2D eigenvalue weighted by Crippen LogP contribution is 2.21. The molecule has 2 amide bonds. The predicted molar refractivity (Wildman–Crippen MR) is 50.6 cm³/mol. The highest BCUT2D eigenvalue weighted by Gasteiger charge is 2.19. The van der Waals surface area contributed by atoms with Crippen LogP contribution in [0.25, 0.3) is 0 Å². The molecule has 76 valence electrons. The van der Waals surface area contributed by atoms with Crippen LogP contribution in [0.4, 0.5) is 0 Å². The van der Waals surface area contributed by atoms with Crippen molar-refractivity contribution in [3.05, 3.63) is 0 Å². The van der Waals surface area contributed by atoms with E-state index in [4.69, 9.17) is 11.5 Å². The first-order chi connectivity index (χ1) is 5.97. The zero-order valence-corrected chi connectivity index (χ0v) is 8.25. The van der Waals surface area contributed by atoms with Crippen molar-refractivity contribution >= 4 is 11.8 Å². The Morgan fingerprint density at radius 1 is 1.15 bits per heavy atom.